The van der Waals surface area contributed by atoms with Crippen molar-refractivity contribution in [3.8, 4) is 11.4 Å². The lowest BCUT2D eigenvalue weighted by molar-refractivity contribution is -0.384. The van der Waals surface area contributed by atoms with Crippen LogP contribution < -0.4 is 5.32 Å². The average Bonchev–Trinajstić information content (AvgIpc) is 3.34. The SMILES string of the molecule is Cc1cccc(NC(=O)c2ccc(CSc3nnc(-c4ccccc4[N+](=O)[O-])n3Cc3ccccc3)cc2)c1. The molecule has 1 heterocycles. The van der Waals surface area contributed by atoms with Gasteiger partial charge in [-0.25, -0.2) is 0 Å². The molecule has 1 amide bonds. The van der Waals surface area contributed by atoms with Crippen molar-refractivity contribution in [3.05, 3.63) is 135 Å². The smallest absolute Gasteiger partial charge is 0.280 e. The van der Waals surface area contributed by atoms with Crippen LogP contribution in [0.15, 0.2) is 108 Å². The first-order chi connectivity index (χ1) is 19.0. The number of benzene rings is 4. The Balaban J connectivity index is 1.35. The Kier molecular flexibility index (Phi) is 7.79. The van der Waals surface area contributed by atoms with Crippen LogP contribution in [0, 0.1) is 17.0 Å². The highest BCUT2D eigenvalue weighted by atomic mass is 32.2. The molecule has 0 aliphatic heterocycles. The number of anilines is 1. The van der Waals surface area contributed by atoms with E-state index in [2.05, 4.69) is 15.5 Å². The monoisotopic (exact) mass is 535 g/mol. The molecule has 0 bridgehead atoms. The number of hydrogen-bond acceptors (Lipinski definition) is 6. The van der Waals surface area contributed by atoms with Crippen molar-refractivity contribution in [3.63, 3.8) is 0 Å². The van der Waals surface area contributed by atoms with Gasteiger partial charge in [-0.05, 0) is 53.9 Å². The predicted molar refractivity (Wildman–Crippen MR) is 153 cm³/mol. The molecule has 1 aromatic heterocycles. The van der Waals surface area contributed by atoms with Crippen LogP contribution in [0.5, 0.6) is 0 Å². The van der Waals surface area contributed by atoms with Gasteiger partial charge in [-0.2, -0.15) is 0 Å². The molecule has 4 aromatic carbocycles. The Morgan fingerprint density at radius 2 is 1.64 bits per heavy atom. The number of nitro groups is 1. The summed E-state index contributed by atoms with van der Waals surface area (Å²) in [7, 11) is 0. The zero-order valence-electron chi connectivity index (χ0n) is 21.2. The average molecular weight is 536 g/mol. The first-order valence-electron chi connectivity index (χ1n) is 12.3. The van der Waals surface area contributed by atoms with Crippen LogP contribution in [-0.2, 0) is 12.3 Å². The molecular weight excluding hydrogens is 510 g/mol. The van der Waals surface area contributed by atoms with E-state index in [1.54, 1.807) is 30.3 Å². The first-order valence-corrected chi connectivity index (χ1v) is 13.3. The lowest BCUT2D eigenvalue weighted by atomic mass is 10.1. The summed E-state index contributed by atoms with van der Waals surface area (Å²) in [6.45, 7) is 2.45. The van der Waals surface area contributed by atoms with Gasteiger partial charge in [0.25, 0.3) is 11.6 Å². The van der Waals surface area contributed by atoms with Gasteiger partial charge in [0.15, 0.2) is 11.0 Å². The third-order valence-electron chi connectivity index (χ3n) is 6.10. The van der Waals surface area contributed by atoms with E-state index in [0.717, 1.165) is 22.4 Å². The summed E-state index contributed by atoms with van der Waals surface area (Å²) in [5.41, 5.74) is 4.84. The van der Waals surface area contributed by atoms with Crippen molar-refractivity contribution in [1.29, 1.82) is 0 Å². The van der Waals surface area contributed by atoms with E-state index < -0.39 is 4.92 Å². The van der Waals surface area contributed by atoms with Crippen molar-refractivity contribution in [2.75, 3.05) is 5.32 Å². The molecule has 194 valence electrons. The number of nitro benzene ring substituents is 1. The number of aromatic nitrogens is 3. The molecule has 0 aliphatic carbocycles. The third-order valence-corrected chi connectivity index (χ3v) is 7.14. The highest BCUT2D eigenvalue weighted by Crippen LogP contribution is 2.32. The summed E-state index contributed by atoms with van der Waals surface area (Å²) >= 11 is 1.49. The van der Waals surface area contributed by atoms with Crippen LogP contribution in [0.1, 0.15) is 27.0 Å². The van der Waals surface area contributed by atoms with E-state index >= 15 is 0 Å². The lowest BCUT2D eigenvalue weighted by Gasteiger charge is -2.11. The van der Waals surface area contributed by atoms with E-state index in [9.17, 15) is 14.9 Å². The normalized spacial score (nSPS) is 10.8. The summed E-state index contributed by atoms with van der Waals surface area (Å²) in [6.07, 6.45) is 0. The number of carbonyl (C=O) groups excluding carboxylic acids is 1. The molecule has 9 heteroatoms. The van der Waals surface area contributed by atoms with Gasteiger partial charge in [0.05, 0.1) is 17.0 Å². The van der Waals surface area contributed by atoms with E-state index in [1.165, 1.54) is 17.8 Å². The molecule has 0 spiro atoms. The van der Waals surface area contributed by atoms with Crippen LogP contribution in [0.4, 0.5) is 11.4 Å². The minimum Gasteiger partial charge on any atom is -0.322 e. The number of amides is 1. The van der Waals surface area contributed by atoms with E-state index in [1.807, 2.05) is 78.2 Å². The van der Waals surface area contributed by atoms with Gasteiger partial charge in [0.2, 0.25) is 0 Å². The Labute approximate surface area is 229 Å². The minimum atomic E-state index is -0.402. The maximum atomic E-state index is 12.7. The van der Waals surface area contributed by atoms with Gasteiger partial charge in [0.1, 0.15) is 0 Å². The number of rotatable bonds is 9. The number of thioether (sulfide) groups is 1. The largest absolute Gasteiger partial charge is 0.322 e. The van der Waals surface area contributed by atoms with Crippen LogP contribution in [-0.4, -0.2) is 25.6 Å². The molecule has 1 N–H and O–H groups in total. The molecule has 8 nitrogen and oxygen atoms in total. The standard InChI is InChI=1S/C30H25N5O3S/c1-21-8-7-11-25(18-21)31-29(36)24-16-14-23(15-17-24)20-39-30-33-32-28(26-12-5-6-13-27(26)35(37)38)34(30)19-22-9-3-2-4-10-22/h2-18H,19-20H2,1H3,(H,31,36). The number of carbonyl (C=O) groups is 1. The number of hydrogen-bond donors (Lipinski definition) is 1. The number of aryl methyl sites for hydroxylation is 1. The fraction of sp³-hybridized carbons (Fsp3) is 0.100. The zero-order chi connectivity index (χ0) is 27.2. The number of nitrogens with zero attached hydrogens (tertiary/aromatic N) is 4. The molecule has 0 radical (unpaired) electrons. The Morgan fingerprint density at radius 1 is 0.897 bits per heavy atom. The predicted octanol–water partition coefficient (Wildman–Crippen LogP) is 6.75. The topological polar surface area (TPSA) is 103 Å². The third kappa shape index (κ3) is 6.22. The van der Waals surface area contributed by atoms with Crippen LogP contribution >= 0.6 is 11.8 Å². The minimum absolute atomic E-state index is 0.0182. The van der Waals surface area contributed by atoms with Gasteiger partial charge in [0, 0.05) is 23.1 Å². The molecule has 39 heavy (non-hydrogen) atoms. The summed E-state index contributed by atoms with van der Waals surface area (Å²) in [4.78, 5) is 23.9. The fourth-order valence-electron chi connectivity index (χ4n) is 4.15. The lowest BCUT2D eigenvalue weighted by Crippen LogP contribution is -2.11. The van der Waals surface area contributed by atoms with Crippen molar-refractivity contribution in [2.45, 2.75) is 24.4 Å². The Hall–Kier alpha value is -4.76. The molecule has 5 rings (SSSR count). The molecular formula is C30H25N5O3S. The summed E-state index contributed by atoms with van der Waals surface area (Å²) in [6, 6.07) is 31.5. The van der Waals surface area contributed by atoms with Crippen LogP contribution in [0.2, 0.25) is 0 Å². The molecule has 5 aromatic rings. The molecule has 0 fully saturated rings. The van der Waals surface area contributed by atoms with Gasteiger partial charge in [-0.3, -0.25) is 19.5 Å². The quantitative estimate of drug-likeness (QED) is 0.127. The van der Waals surface area contributed by atoms with Gasteiger partial charge in [-0.1, -0.05) is 78.5 Å². The van der Waals surface area contributed by atoms with E-state index in [4.69, 9.17) is 0 Å². The summed E-state index contributed by atoms with van der Waals surface area (Å²) in [5, 5.41) is 24.0. The maximum Gasteiger partial charge on any atom is 0.280 e. The highest BCUT2D eigenvalue weighted by molar-refractivity contribution is 7.98. The second kappa shape index (κ2) is 11.7. The molecule has 0 unspecified atom stereocenters. The van der Waals surface area contributed by atoms with Gasteiger partial charge < -0.3 is 5.32 Å². The number of para-hydroxylation sites is 1. The maximum absolute atomic E-state index is 12.7. The Morgan fingerprint density at radius 3 is 2.38 bits per heavy atom. The molecule has 0 aliphatic rings. The molecule has 0 atom stereocenters. The number of nitrogens with one attached hydrogen (secondary N) is 1. The first kappa shape index (κ1) is 25.9. The highest BCUT2D eigenvalue weighted by Gasteiger charge is 2.22. The second-order valence-electron chi connectivity index (χ2n) is 8.96. The van der Waals surface area contributed by atoms with Crippen LogP contribution in [0.25, 0.3) is 11.4 Å². The fourth-order valence-corrected chi connectivity index (χ4v) is 5.05. The van der Waals surface area contributed by atoms with Crippen molar-refractivity contribution >= 4 is 29.0 Å². The van der Waals surface area contributed by atoms with Gasteiger partial charge >= 0.3 is 0 Å². The molecule has 0 saturated heterocycles. The zero-order valence-corrected chi connectivity index (χ0v) is 22.0. The Bertz CT molecular complexity index is 1620. The van der Waals surface area contributed by atoms with E-state index in [0.29, 0.717) is 34.4 Å². The van der Waals surface area contributed by atoms with Gasteiger partial charge in [-0.15, -0.1) is 10.2 Å². The summed E-state index contributed by atoms with van der Waals surface area (Å²) in [5.74, 6) is 0.858. The second-order valence-corrected chi connectivity index (χ2v) is 9.90. The summed E-state index contributed by atoms with van der Waals surface area (Å²) < 4.78 is 1.91. The van der Waals surface area contributed by atoms with Crippen molar-refractivity contribution in [1.82, 2.24) is 14.8 Å². The van der Waals surface area contributed by atoms with Crippen molar-refractivity contribution in [2.24, 2.45) is 0 Å². The van der Waals surface area contributed by atoms with E-state index in [-0.39, 0.29) is 11.6 Å². The molecule has 0 saturated carbocycles. The van der Waals surface area contributed by atoms with Crippen LogP contribution in [0.3, 0.4) is 0 Å². The van der Waals surface area contributed by atoms with Crippen molar-refractivity contribution < 1.29 is 9.72 Å².